The molecule has 0 aliphatic heterocycles. The number of nitro benzene ring substituents is 1. The lowest BCUT2D eigenvalue weighted by Crippen LogP contribution is -2.10. The minimum absolute atomic E-state index is 0.0947. The van der Waals surface area contributed by atoms with Crippen molar-refractivity contribution in [3.8, 4) is 11.5 Å². The number of ether oxygens (including phenoxy) is 1. The Hall–Kier alpha value is -2.32. The second-order valence-corrected chi connectivity index (χ2v) is 6.04. The number of methoxy groups -OCH3 is 1. The zero-order valence-corrected chi connectivity index (χ0v) is 12.8. The standard InChI is InChI=1S/C13H10ClNO6S/c1-20-10-3-5-11(6-4-10)22(18,19)21-13-7-2-9(15(16)17)8-12(13)14/h2-8H,1H3. The summed E-state index contributed by atoms with van der Waals surface area (Å²) in [6.45, 7) is 0. The number of non-ortho nitro benzene ring substituents is 1. The highest BCUT2D eigenvalue weighted by molar-refractivity contribution is 7.87. The molecule has 2 rings (SSSR count). The van der Waals surface area contributed by atoms with Gasteiger partial charge in [0.1, 0.15) is 10.6 Å². The van der Waals surface area contributed by atoms with Crippen LogP contribution in [-0.2, 0) is 10.1 Å². The van der Waals surface area contributed by atoms with Crippen molar-refractivity contribution in [2.45, 2.75) is 4.90 Å². The summed E-state index contributed by atoms with van der Waals surface area (Å²) < 4.78 is 34.1. The molecule has 0 saturated carbocycles. The first kappa shape index (κ1) is 16.1. The van der Waals surface area contributed by atoms with E-state index >= 15 is 0 Å². The first-order valence-corrected chi connectivity index (χ1v) is 7.64. The van der Waals surface area contributed by atoms with Gasteiger partial charge in [-0.1, -0.05) is 11.6 Å². The smallest absolute Gasteiger partial charge is 0.339 e. The van der Waals surface area contributed by atoms with Crippen LogP contribution in [0.25, 0.3) is 0 Å². The Kier molecular flexibility index (Phi) is 4.53. The van der Waals surface area contributed by atoms with E-state index in [1.807, 2.05) is 0 Å². The molecule has 0 radical (unpaired) electrons. The van der Waals surface area contributed by atoms with E-state index in [-0.39, 0.29) is 21.4 Å². The molecular weight excluding hydrogens is 334 g/mol. The maximum atomic E-state index is 12.1. The number of halogens is 1. The van der Waals surface area contributed by atoms with Gasteiger partial charge in [0.15, 0.2) is 5.75 Å². The molecule has 0 bridgehead atoms. The summed E-state index contributed by atoms with van der Waals surface area (Å²) in [5, 5.41) is 10.4. The molecule has 0 fully saturated rings. The van der Waals surface area contributed by atoms with Crippen LogP contribution in [0.15, 0.2) is 47.4 Å². The second kappa shape index (κ2) is 6.20. The molecule has 0 saturated heterocycles. The molecule has 0 aliphatic carbocycles. The van der Waals surface area contributed by atoms with Gasteiger partial charge in [-0.15, -0.1) is 0 Å². The van der Waals surface area contributed by atoms with Gasteiger partial charge in [0, 0.05) is 12.1 Å². The van der Waals surface area contributed by atoms with Gasteiger partial charge in [-0.3, -0.25) is 10.1 Å². The van der Waals surface area contributed by atoms with Crippen molar-refractivity contribution in [2.24, 2.45) is 0 Å². The number of benzene rings is 2. The number of hydrogen-bond donors (Lipinski definition) is 0. The maximum absolute atomic E-state index is 12.1. The number of nitrogens with zero attached hydrogens (tertiary/aromatic N) is 1. The van der Waals surface area contributed by atoms with Crippen LogP contribution in [-0.4, -0.2) is 20.5 Å². The lowest BCUT2D eigenvalue weighted by Gasteiger charge is -2.08. The monoisotopic (exact) mass is 343 g/mol. The molecule has 0 unspecified atom stereocenters. The molecule has 116 valence electrons. The van der Waals surface area contributed by atoms with Gasteiger partial charge < -0.3 is 8.92 Å². The normalized spacial score (nSPS) is 11.0. The topological polar surface area (TPSA) is 95.7 Å². The number of rotatable bonds is 5. The highest BCUT2D eigenvalue weighted by Crippen LogP contribution is 2.31. The van der Waals surface area contributed by atoms with Crippen LogP contribution in [0.2, 0.25) is 5.02 Å². The lowest BCUT2D eigenvalue weighted by molar-refractivity contribution is -0.384. The predicted molar refractivity (Wildman–Crippen MR) is 78.9 cm³/mol. The van der Waals surface area contributed by atoms with E-state index in [0.717, 1.165) is 18.2 Å². The van der Waals surface area contributed by atoms with E-state index < -0.39 is 15.0 Å². The Labute approximate surface area is 131 Å². The molecule has 0 aliphatic rings. The fourth-order valence-electron chi connectivity index (χ4n) is 1.58. The number of hydrogen-bond acceptors (Lipinski definition) is 6. The Balaban J connectivity index is 2.30. The fourth-order valence-corrected chi connectivity index (χ4v) is 2.79. The van der Waals surface area contributed by atoms with E-state index in [2.05, 4.69) is 0 Å². The summed E-state index contributed by atoms with van der Waals surface area (Å²) in [5.74, 6) is 0.301. The van der Waals surface area contributed by atoms with Crippen LogP contribution in [0, 0.1) is 10.1 Å². The summed E-state index contributed by atoms with van der Waals surface area (Å²) >= 11 is 5.80. The van der Waals surface area contributed by atoms with Crippen LogP contribution in [0.4, 0.5) is 5.69 Å². The van der Waals surface area contributed by atoms with E-state index in [9.17, 15) is 18.5 Å². The van der Waals surface area contributed by atoms with E-state index in [1.165, 1.54) is 31.4 Å². The largest absolute Gasteiger partial charge is 0.497 e. The zero-order chi connectivity index (χ0) is 16.3. The SMILES string of the molecule is COc1ccc(S(=O)(=O)Oc2ccc([N+](=O)[O-])cc2Cl)cc1. The summed E-state index contributed by atoms with van der Waals surface area (Å²) in [6.07, 6.45) is 0. The lowest BCUT2D eigenvalue weighted by atomic mass is 10.3. The van der Waals surface area contributed by atoms with E-state index in [0.29, 0.717) is 5.75 Å². The van der Waals surface area contributed by atoms with Crippen LogP contribution < -0.4 is 8.92 Å². The van der Waals surface area contributed by atoms with Gasteiger partial charge in [0.25, 0.3) is 5.69 Å². The van der Waals surface area contributed by atoms with Crippen molar-refractivity contribution in [1.29, 1.82) is 0 Å². The third-order valence-electron chi connectivity index (χ3n) is 2.67. The Bertz CT molecular complexity index is 804. The molecule has 7 nitrogen and oxygen atoms in total. The molecule has 2 aromatic carbocycles. The minimum Gasteiger partial charge on any atom is -0.497 e. The van der Waals surface area contributed by atoms with Crippen LogP contribution in [0.5, 0.6) is 11.5 Å². The second-order valence-electron chi connectivity index (χ2n) is 4.08. The van der Waals surface area contributed by atoms with Gasteiger partial charge >= 0.3 is 10.1 Å². The highest BCUT2D eigenvalue weighted by atomic mass is 35.5. The van der Waals surface area contributed by atoms with E-state index in [4.69, 9.17) is 20.5 Å². The molecule has 0 aromatic heterocycles. The Morgan fingerprint density at radius 3 is 2.27 bits per heavy atom. The average molecular weight is 344 g/mol. The van der Waals surface area contributed by atoms with Crippen molar-refractivity contribution in [3.63, 3.8) is 0 Å². The maximum Gasteiger partial charge on any atom is 0.339 e. The van der Waals surface area contributed by atoms with Gasteiger partial charge in [0.2, 0.25) is 0 Å². The fraction of sp³-hybridized carbons (Fsp3) is 0.0769. The van der Waals surface area contributed by atoms with Crippen LogP contribution >= 0.6 is 11.6 Å². The first-order valence-electron chi connectivity index (χ1n) is 5.86. The quantitative estimate of drug-likeness (QED) is 0.470. The Morgan fingerprint density at radius 2 is 1.77 bits per heavy atom. The zero-order valence-electron chi connectivity index (χ0n) is 11.2. The molecule has 0 N–H and O–H groups in total. The molecule has 0 heterocycles. The van der Waals surface area contributed by atoms with Crippen molar-refractivity contribution in [3.05, 3.63) is 57.6 Å². The molecular formula is C13H10ClNO6S. The summed E-state index contributed by atoms with van der Waals surface area (Å²) in [7, 11) is -2.65. The summed E-state index contributed by atoms with van der Waals surface area (Å²) in [6, 6.07) is 8.80. The van der Waals surface area contributed by atoms with Gasteiger partial charge in [-0.2, -0.15) is 8.42 Å². The van der Waals surface area contributed by atoms with Gasteiger partial charge in [0.05, 0.1) is 17.1 Å². The van der Waals surface area contributed by atoms with Crippen molar-refractivity contribution >= 4 is 27.4 Å². The third-order valence-corrected chi connectivity index (χ3v) is 4.22. The Morgan fingerprint density at radius 1 is 1.14 bits per heavy atom. The van der Waals surface area contributed by atoms with Crippen LogP contribution in [0.1, 0.15) is 0 Å². The summed E-state index contributed by atoms with van der Waals surface area (Å²) in [5.41, 5.74) is -0.265. The first-order chi connectivity index (χ1) is 10.3. The minimum atomic E-state index is -4.10. The predicted octanol–water partition coefficient (Wildman–Crippen LogP) is 3.02. The molecule has 2 aromatic rings. The van der Waals surface area contributed by atoms with Crippen molar-refractivity contribution < 1.29 is 22.3 Å². The van der Waals surface area contributed by atoms with Gasteiger partial charge in [-0.25, -0.2) is 0 Å². The van der Waals surface area contributed by atoms with E-state index in [1.54, 1.807) is 0 Å². The molecule has 9 heteroatoms. The number of nitro groups is 1. The van der Waals surface area contributed by atoms with Crippen LogP contribution in [0.3, 0.4) is 0 Å². The third kappa shape index (κ3) is 3.46. The average Bonchev–Trinajstić information content (AvgIpc) is 2.49. The highest BCUT2D eigenvalue weighted by Gasteiger charge is 2.20. The molecule has 0 atom stereocenters. The van der Waals surface area contributed by atoms with Crippen molar-refractivity contribution in [1.82, 2.24) is 0 Å². The molecule has 0 spiro atoms. The summed E-state index contributed by atoms with van der Waals surface area (Å²) in [4.78, 5) is 9.87. The van der Waals surface area contributed by atoms with Gasteiger partial charge in [-0.05, 0) is 30.3 Å². The van der Waals surface area contributed by atoms with Crippen molar-refractivity contribution in [2.75, 3.05) is 7.11 Å². The molecule has 0 amide bonds. The molecule has 22 heavy (non-hydrogen) atoms.